The molecule has 0 aromatic heterocycles. The van der Waals surface area contributed by atoms with E-state index in [-0.39, 0.29) is 16.7 Å². The van der Waals surface area contributed by atoms with Gasteiger partial charge in [-0.05, 0) is 66.7 Å². The Bertz CT molecular complexity index is 1110. The Morgan fingerprint density at radius 3 is 2.00 bits per heavy atom. The Kier molecular flexibility index (Phi) is 4.44. The number of hydrogen-bond acceptors (Lipinski definition) is 4. The summed E-state index contributed by atoms with van der Waals surface area (Å²) in [4.78, 5) is 37.4. The van der Waals surface area contributed by atoms with Crippen LogP contribution in [0.5, 0.6) is 11.5 Å². The van der Waals surface area contributed by atoms with Gasteiger partial charge >= 0.3 is 5.97 Å². The molecule has 138 valence electrons. The number of carbonyl (C=O) groups is 3. The topological polar surface area (TPSA) is 83.9 Å². The van der Waals surface area contributed by atoms with Gasteiger partial charge in [-0.25, -0.2) is 9.69 Å². The van der Waals surface area contributed by atoms with E-state index in [0.29, 0.717) is 17.2 Å². The quantitative estimate of drug-likeness (QED) is 0.595. The molecule has 0 radical (unpaired) electrons. The van der Waals surface area contributed by atoms with Crippen LogP contribution in [0.15, 0.2) is 71.2 Å². The van der Waals surface area contributed by atoms with Crippen molar-refractivity contribution in [1.82, 2.24) is 0 Å². The van der Waals surface area contributed by atoms with Gasteiger partial charge in [-0.3, -0.25) is 9.59 Å². The highest BCUT2D eigenvalue weighted by atomic mass is 79.9. The molecule has 3 aromatic rings. The largest absolute Gasteiger partial charge is 0.478 e. The van der Waals surface area contributed by atoms with Crippen molar-refractivity contribution in [2.75, 3.05) is 4.90 Å². The maximum Gasteiger partial charge on any atom is 0.335 e. The molecule has 3 aromatic carbocycles. The number of halogens is 1. The zero-order valence-corrected chi connectivity index (χ0v) is 15.8. The normalized spacial score (nSPS) is 12.8. The van der Waals surface area contributed by atoms with Crippen molar-refractivity contribution in [3.05, 3.63) is 87.9 Å². The SMILES string of the molecule is O=C(O)c1ccc2c(c1)C(=O)N(c1ccc(Oc3ccc(Br)cc3)cc1)C2=O. The summed E-state index contributed by atoms with van der Waals surface area (Å²) in [5.41, 5.74) is 0.608. The van der Waals surface area contributed by atoms with Crippen LogP contribution in [-0.2, 0) is 0 Å². The van der Waals surface area contributed by atoms with Gasteiger partial charge in [0.2, 0.25) is 0 Å². The summed E-state index contributed by atoms with van der Waals surface area (Å²) in [7, 11) is 0. The molecule has 1 heterocycles. The molecular weight excluding hydrogens is 426 g/mol. The van der Waals surface area contributed by atoms with E-state index in [1.54, 1.807) is 24.3 Å². The van der Waals surface area contributed by atoms with Gasteiger partial charge in [0, 0.05) is 4.47 Å². The fourth-order valence-electron chi connectivity index (χ4n) is 2.91. The van der Waals surface area contributed by atoms with E-state index in [9.17, 15) is 14.4 Å². The zero-order chi connectivity index (χ0) is 19.8. The lowest BCUT2D eigenvalue weighted by atomic mass is 10.1. The fraction of sp³-hybridized carbons (Fsp3) is 0. The Morgan fingerprint density at radius 2 is 1.39 bits per heavy atom. The van der Waals surface area contributed by atoms with E-state index < -0.39 is 17.8 Å². The second-order valence-corrected chi connectivity index (χ2v) is 6.98. The van der Waals surface area contributed by atoms with E-state index in [4.69, 9.17) is 9.84 Å². The smallest absolute Gasteiger partial charge is 0.335 e. The van der Waals surface area contributed by atoms with Crippen molar-refractivity contribution in [3.8, 4) is 11.5 Å². The lowest BCUT2D eigenvalue weighted by Crippen LogP contribution is -2.29. The molecule has 2 amide bonds. The average molecular weight is 438 g/mol. The molecule has 0 atom stereocenters. The van der Waals surface area contributed by atoms with Gasteiger partial charge in [0.1, 0.15) is 11.5 Å². The van der Waals surface area contributed by atoms with Gasteiger partial charge < -0.3 is 9.84 Å². The number of fused-ring (bicyclic) bond motifs is 1. The first-order valence-electron chi connectivity index (χ1n) is 8.23. The van der Waals surface area contributed by atoms with Crippen LogP contribution in [0.25, 0.3) is 0 Å². The number of hydrogen-bond donors (Lipinski definition) is 1. The standard InChI is InChI=1S/C21H12BrNO5/c22-13-2-6-15(7-3-13)28-16-8-4-14(5-9-16)23-19(24)17-10-1-12(21(26)27)11-18(17)20(23)25/h1-11H,(H,26,27). The zero-order valence-electron chi connectivity index (χ0n) is 14.3. The van der Waals surface area contributed by atoms with Crippen LogP contribution in [-0.4, -0.2) is 22.9 Å². The number of benzene rings is 3. The number of amides is 2. The number of imide groups is 1. The molecule has 7 heteroatoms. The van der Waals surface area contributed by atoms with Gasteiger partial charge in [0.15, 0.2) is 0 Å². The highest BCUT2D eigenvalue weighted by Gasteiger charge is 2.37. The number of carbonyl (C=O) groups excluding carboxylic acids is 2. The summed E-state index contributed by atoms with van der Waals surface area (Å²) in [5, 5.41) is 9.09. The van der Waals surface area contributed by atoms with Crippen LogP contribution >= 0.6 is 15.9 Å². The highest BCUT2D eigenvalue weighted by Crippen LogP contribution is 2.31. The van der Waals surface area contributed by atoms with Crippen molar-refractivity contribution in [2.24, 2.45) is 0 Å². The molecule has 0 fully saturated rings. The van der Waals surface area contributed by atoms with Crippen molar-refractivity contribution < 1.29 is 24.2 Å². The van der Waals surface area contributed by atoms with Gasteiger partial charge in [-0.15, -0.1) is 0 Å². The predicted molar refractivity (Wildman–Crippen MR) is 105 cm³/mol. The maximum atomic E-state index is 12.7. The number of nitrogens with zero attached hydrogens (tertiary/aromatic N) is 1. The fourth-order valence-corrected chi connectivity index (χ4v) is 3.17. The van der Waals surface area contributed by atoms with Crippen LogP contribution < -0.4 is 9.64 Å². The molecule has 0 unspecified atom stereocenters. The molecule has 0 saturated heterocycles. The molecule has 0 spiro atoms. The first-order valence-corrected chi connectivity index (χ1v) is 9.03. The number of carboxylic acid groups (broad SMARTS) is 1. The van der Waals surface area contributed by atoms with Crippen molar-refractivity contribution in [3.63, 3.8) is 0 Å². The summed E-state index contributed by atoms with van der Waals surface area (Å²) >= 11 is 3.36. The summed E-state index contributed by atoms with van der Waals surface area (Å²) in [6, 6.07) is 17.7. The van der Waals surface area contributed by atoms with Crippen molar-refractivity contribution >= 4 is 39.4 Å². The van der Waals surface area contributed by atoms with Gasteiger partial charge in [0.25, 0.3) is 11.8 Å². The van der Waals surface area contributed by atoms with E-state index in [1.165, 1.54) is 18.2 Å². The second-order valence-electron chi connectivity index (χ2n) is 6.06. The molecule has 1 aliphatic rings. The minimum Gasteiger partial charge on any atom is -0.478 e. The summed E-state index contributed by atoms with van der Waals surface area (Å²) in [6.45, 7) is 0. The van der Waals surface area contributed by atoms with Crippen LogP contribution in [0, 0.1) is 0 Å². The van der Waals surface area contributed by atoms with E-state index >= 15 is 0 Å². The van der Waals surface area contributed by atoms with E-state index in [2.05, 4.69) is 15.9 Å². The predicted octanol–water partition coefficient (Wildman–Crippen LogP) is 4.74. The molecule has 0 saturated carbocycles. The molecule has 1 aliphatic heterocycles. The first-order chi connectivity index (χ1) is 13.4. The van der Waals surface area contributed by atoms with Crippen LogP contribution in [0.3, 0.4) is 0 Å². The monoisotopic (exact) mass is 437 g/mol. The molecule has 0 aliphatic carbocycles. The number of anilines is 1. The maximum absolute atomic E-state index is 12.7. The second kappa shape index (κ2) is 6.94. The first kappa shape index (κ1) is 17.9. The van der Waals surface area contributed by atoms with E-state index in [0.717, 1.165) is 9.37 Å². The van der Waals surface area contributed by atoms with Crippen molar-refractivity contribution in [1.29, 1.82) is 0 Å². The molecule has 6 nitrogen and oxygen atoms in total. The minimum absolute atomic E-state index is 0.0417. The Balaban J connectivity index is 1.59. The summed E-state index contributed by atoms with van der Waals surface area (Å²) < 4.78 is 6.67. The third-order valence-corrected chi connectivity index (χ3v) is 4.81. The lowest BCUT2D eigenvalue weighted by Gasteiger charge is -2.14. The summed E-state index contributed by atoms with van der Waals surface area (Å²) in [5.74, 6) is -0.993. The van der Waals surface area contributed by atoms with Crippen LogP contribution in [0.4, 0.5) is 5.69 Å². The Morgan fingerprint density at radius 1 is 0.821 bits per heavy atom. The number of ether oxygens (including phenoxy) is 1. The van der Waals surface area contributed by atoms with Gasteiger partial charge in [-0.1, -0.05) is 15.9 Å². The highest BCUT2D eigenvalue weighted by molar-refractivity contribution is 9.10. The van der Waals surface area contributed by atoms with E-state index in [1.807, 2.05) is 24.3 Å². The van der Waals surface area contributed by atoms with Crippen LogP contribution in [0.2, 0.25) is 0 Å². The lowest BCUT2D eigenvalue weighted by molar-refractivity contribution is 0.0696. The molecule has 1 N–H and O–H groups in total. The number of aromatic carboxylic acids is 1. The van der Waals surface area contributed by atoms with Crippen molar-refractivity contribution in [2.45, 2.75) is 0 Å². The van der Waals surface area contributed by atoms with Gasteiger partial charge in [-0.2, -0.15) is 0 Å². The molecule has 4 rings (SSSR count). The molecule has 0 bridgehead atoms. The number of rotatable bonds is 4. The Hall–Kier alpha value is -3.45. The third-order valence-electron chi connectivity index (χ3n) is 4.28. The van der Waals surface area contributed by atoms with Crippen LogP contribution in [0.1, 0.15) is 31.1 Å². The number of carboxylic acids is 1. The minimum atomic E-state index is -1.16. The average Bonchev–Trinajstić information content (AvgIpc) is 2.94. The third kappa shape index (κ3) is 3.16. The Labute approximate surface area is 168 Å². The summed E-state index contributed by atoms with van der Waals surface area (Å²) in [6.07, 6.45) is 0. The molecule has 28 heavy (non-hydrogen) atoms. The van der Waals surface area contributed by atoms with Gasteiger partial charge in [0.05, 0.1) is 22.4 Å². The molecular formula is C21H12BrNO5.